The first-order chi connectivity index (χ1) is 8.90. The van der Waals surface area contributed by atoms with Crippen molar-refractivity contribution in [3.8, 4) is 0 Å². The summed E-state index contributed by atoms with van der Waals surface area (Å²) in [6.07, 6.45) is 0. The van der Waals surface area contributed by atoms with Crippen LogP contribution in [0.2, 0.25) is 0 Å². The molecule has 2 nitrogen and oxygen atoms in total. The SMILES string of the molecule is Cc1cc(Br)c(NCc2cc(C)n(C)c2C)c(Br)c1. The quantitative estimate of drug-likeness (QED) is 0.778. The molecule has 0 unspecified atom stereocenters. The minimum atomic E-state index is 0.827. The van der Waals surface area contributed by atoms with Crippen molar-refractivity contribution in [3.05, 3.63) is 49.7 Å². The largest absolute Gasteiger partial charge is 0.379 e. The molecule has 1 heterocycles. The van der Waals surface area contributed by atoms with E-state index in [1.54, 1.807) is 0 Å². The molecule has 0 fully saturated rings. The Morgan fingerprint density at radius 3 is 2.11 bits per heavy atom. The molecule has 0 spiro atoms. The van der Waals surface area contributed by atoms with Crippen LogP contribution in [0.25, 0.3) is 0 Å². The summed E-state index contributed by atoms with van der Waals surface area (Å²) in [7, 11) is 2.10. The first kappa shape index (κ1) is 14.7. The molecule has 0 radical (unpaired) electrons. The van der Waals surface area contributed by atoms with Crippen molar-refractivity contribution >= 4 is 37.5 Å². The number of halogens is 2. The van der Waals surface area contributed by atoms with Crippen LogP contribution in [0, 0.1) is 20.8 Å². The highest BCUT2D eigenvalue weighted by molar-refractivity contribution is 9.11. The van der Waals surface area contributed by atoms with Gasteiger partial charge in [0.15, 0.2) is 0 Å². The second-order valence-electron chi connectivity index (χ2n) is 4.91. The number of nitrogens with zero attached hydrogens (tertiary/aromatic N) is 1. The van der Waals surface area contributed by atoms with E-state index in [-0.39, 0.29) is 0 Å². The van der Waals surface area contributed by atoms with Gasteiger partial charge in [0.1, 0.15) is 0 Å². The summed E-state index contributed by atoms with van der Waals surface area (Å²) in [6.45, 7) is 7.20. The maximum atomic E-state index is 3.61. The molecule has 0 atom stereocenters. The Balaban J connectivity index is 2.21. The maximum absolute atomic E-state index is 3.61. The summed E-state index contributed by atoms with van der Waals surface area (Å²) < 4.78 is 4.39. The summed E-state index contributed by atoms with van der Waals surface area (Å²) in [5, 5.41) is 3.50. The van der Waals surface area contributed by atoms with Crippen molar-refractivity contribution < 1.29 is 0 Å². The van der Waals surface area contributed by atoms with E-state index in [2.05, 4.69) is 87.8 Å². The zero-order chi connectivity index (χ0) is 14.2. The second-order valence-corrected chi connectivity index (χ2v) is 6.62. The van der Waals surface area contributed by atoms with E-state index in [4.69, 9.17) is 0 Å². The van der Waals surface area contributed by atoms with Crippen molar-refractivity contribution in [2.24, 2.45) is 7.05 Å². The van der Waals surface area contributed by atoms with E-state index in [1.807, 2.05) is 0 Å². The van der Waals surface area contributed by atoms with Crippen molar-refractivity contribution in [2.75, 3.05) is 5.32 Å². The lowest BCUT2D eigenvalue weighted by Gasteiger charge is -2.12. The number of rotatable bonds is 3. The van der Waals surface area contributed by atoms with Gasteiger partial charge in [-0.2, -0.15) is 0 Å². The zero-order valence-electron chi connectivity index (χ0n) is 11.6. The minimum absolute atomic E-state index is 0.827. The molecular formula is C15H18Br2N2. The topological polar surface area (TPSA) is 17.0 Å². The van der Waals surface area contributed by atoms with Gasteiger partial charge in [-0.05, 0) is 82.0 Å². The molecule has 2 aromatic rings. The first-order valence-corrected chi connectivity index (χ1v) is 7.80. The molecule has 1 aromatic heterocycles. The van der Waals surface area contributed by atoms with E-state index < -0.39 is 0 Å². The fraction of sp³-hybridized carbons (Fsp3) is 0.333. The molecule has 0 aliphatic carbocycles. The lowest BCUT2D eigenvalue weighted by Crippen LogP contribution is -2.03. The number of nitrogens with one attached hydrogen (secondary N) is 1. The Morgan fingerprint density at radius 2 is 1.63 bits per heavy atom. The summed E-state index contributed by atoms with van der Waals surface area (Å²) in [5.74, 6) is 0. The van der Waals surface area contributed by atoms with Crippen molar-refractivity contribution in [2.45, 2.75) is 27.3 Å². The molecule has 1 aromatic carbocycles. The van der Waals surface area contributed by atoms with Gasteiger partial charge < -0.3 is 9.88 Å². The molecule has 1 N–H and O–H groups in total. The second kappa shape index (κ2) is 5.71. The number of hydrogen-bond acceptors (Lipinski definition) is 1. The normalized spacial score (nSPS) is 10.8. The summed E-state index contributed by atoms with van der Waals surface area (Å²) >= 11 is 7.22. The van der Waals surface area contributed by atoms with Crippen LogP contribution in [0.3, 0.4) is 0 Å². The average molecular weight is 386 g/mol. The fourth-order valence-electron chi connectivity index (χ4n) is 2.16. The number of anilines is 1. The van der Waals surface area contributed by atoms with Gasteiger partial charge >= 0.3 is 0 Å². The molecule has 102 valence electrons. The van der Waals surface area contributed by atoms with Gasteiger partial charge in [0.05, 0.1) is 5.69 Å². The zero-order valence-corrected chi connectivity index (χ0v) is 14.8. The van der Waals surface area contributed by atoms with Crippen LogP contribution in [-0.2, 0) is 13.6 Å². The smallest absolute Gasteiger partial charge is 0.0631 e. The standard InChI is InChI=1S/C15H18Br2N2/c1-9-5-13(16)15(14(17)6-9)18-8-12-7-10(2)19(4)11(12)3/h5-7,18H,8H2,1-4H3. The highest BCUT2D eigenvalue weighted by Crippen LogP contribution is 2.32. The fourth-order valence-corrected chi connectivity index (χ4v) is 3.86. The van der Waals surface area contributed by atoms with E-state index in [0.717, 1.165) is 21.2 Å². The summed E-state index contributed by atoms with van der Waals surface area (Å²) in [6, 6.07) is 6.48. The van der Waals surface area contributed by atoms with Crippen LogP contribution < -0.4 is 5.32 Å². The number of benzene rings is 1. The summed E-state index contributed by atoms with van der Waals surface area (Å²) in [5.41, 5.74) is 6.27. The predicted octanol–water partition coefficient (Wildman–Crippen LogP) is 5.09. The van der Waals surface area contributed by atoms with Crippen LogP contribution in [0.1, 0.15) is 22.5 Å². The highest BCUT2D eigenvalue weighted by atomic mass is 79.9. The first-order valence-electron chi connectivity index (χ1n) is 6.21. The molecule has 0 saturated heterocycles. The average Bonchev–Trinajstić information content (AvgIpc) is 2.55. The van der Waals surface area contributed by atoms with Crippen LogP contribution in [0.15, 0.2) is 27.1 Å². The van der Waals surface area contributed by atoms with Gasteiger partial charge in [-0.25, -0.2) is 0 Å². The monoisotopic (exact) mass is 384 g/mol. The minimum Gasteiger partial charge on any atom is -0.379 e. The molecule has 0 saturated carbocycles. The number of hydrogen-bond donors (Lipinski definition) is 1. The number of aromatic nitrogens is 1. The third-order valence-corrected chi connectivity index (χ3v) is 4.77. The van der Waals surface area contributed by atoms with E-state index >= 15 is 0 Å². The molecule has 2 rings (SSSR count). The highest BCUT2D eigenvalue weighted by Gasteiger charge is 2.09. The van der Waals surface area contributed by atoms with Crippen molar-refractivity contribution in [1.29, 1.82) is 0 Å². The molecule has 19 heavy (non-hydrogen) atoms. The molecule has 4 heteroatoms. The Hall–Kier alpha value is -0.740. The third kappa shape index (κ3) is 3.06. The van der Waals surface area contributed by atoms with E-state index in [9.17, 15) is 0 Å². The van der Waals surface area contributed by atoms with E-state index in [1.165, 1.54) is 22.5 Å². The van der Waals surface area contributed by atoms with Gasteiger partial charge in [0.2, 0.25) is 0 Å². The number of aryl methyl sites for hydroxylation is 2. The maximum Gasteiger partial charge on any atom is 0.0631 e. The molecule has 0 bridgehead atoms. The van der Waals surface area contributed by atoms with Gasteiger partial charge in [-0.1, -0.05) is 0 Å². The van der Waals surface area contributed by atoms with E-state index in [0.29, 0.717) is 0 Å². The Labute approximate surface area is 131 Å². The predicted molar refractivity (Wildman–Crippen MR) is 88.8 cm³/mol. The molecule has 0 aliphatic heterocycles. The van der Waals surface area contributed by atoms with Crippen LogP contribution in [-0.4, -0.2) is 4.57 Å². The van der Waals surface area contributed by atoms with Crippen molar-refractivity contribution in [1.82, 2.24) is 4.57 Å². The van der Waals surface area contributed by atoms with Gasteiger partial charge in [-0.15, -0.1) is 0 Å². The van der Waals surface area contributed by atoms with Crippen LogP contribution in [0.4, 0.5) is 5.69 Å². The lowest BCUT2D eigenvalue weighted by molar-refractivity contribution is 0.837. The van der Waals surface area contributed by atoms with Gasteiger partial charge in [0.25, 0.3) is 0 Å². The Bertz CT molecular complexity index is 592. The molecule has 0 amide bonds. The summed E-state index contributed by atoms with van der Waals surface area (Å²) in [4.78, 5) is 0. The third-order valence-electron chi connectivity index (χ3n) is 3.52. The Kier molecular flexibility index (Phi) is 4.41. The van der Waals surface area contributed by atoms with Gasteiger partial charge in [-0.3, -0.25) is 0 Å². The lowest BCUT2D eigenvalue weighted by atomic mass is 10.2. The Morgan fingerprint density at radius 1 is 1.05 bits per heavy atom. The van der Waals surface area contributed by atoms with Crippen molar-refractivity contribution in [3.63, 3.8) is 0 Å². The van der Waals surface area contributed by atoms with Crippen LogP contribution >= 0.6 is 31.9 Å². The molecule has 0 aliphatic rings. The van der Waals surface area contributed by atoms with Gasteiger partial charge in [0, 0.05) is 33.9 Å². The van der Waals surface area contributed by atoms with Crippen LogP contribution in [0.5, 0.6) is 0 Å². The molecular weight excluding hydrogens is 368 g/mol.